The average molecular weight is 323 g/mol. The first-order valence-electron chi connectivity index (χ1n) is 7.84. The molecule has 2 amide bonds. The highest BCUT2D eigenvalue weighted by Crippen LogP contribution is 2.35. The highest BCUT2D eigenvalue weighted by molar-refractivity contribution is 6.26. The van der Waals surface area contributed by atoms with Crippen LogP contribution in [-0.4, -0.2) is 29.2 Å². The molecule has 0 fully saturated rings. The van der Waals surface area contributed by atoms with Gasteiger partial charge >= 0.3 is 5.97 Å². The summed E-state index contributed by atoms with van der Waals surface area (Å²) in [5.74, 6) is -0.894. The molecule has 0 spiro atoms. The number of nitrogens with zero attached hydrogens (tertiary/aromatic N) is 1. The number of unbranched alkanes of at least 4 members (excludes halogenated alkanes) is 1. The molecule has 3 rings (SSSR count). The monoisotopic (exact) mass is 323 g/mol. The van der Waals surface area contributed by atoms with Gasteiger partial charge in [-0.1, -0.05) is 32.1 Å². The number of carbonyl (C=O) groups excluding carboxylic acids is 3. The Morgan fingerprint density at radius 2 is 1.88 bits per heavy atom. The van der Waals surface area contributed by atoms with E-state index >= 15 is 0 Å². The Balaban J connectivity index is 2.16. The third-order valence-electron chi connectivity index (χ3n) is 4.06. The second-order valence-electron chi connectivity index (χ2n) is 5.58. The lowest BCUT2D eigenvalue weighted by Gasteiger charge is -2.27. The summed E-state index contributed by atoms with van der Waals surface area (Å²) in [5, 5.41) is 1.10. The fourth-order valence-corrected chi connectivity index (χ4v) is 2.88. The largest absolute Gasteiger partial charge is 0.423 e. The Labute approximate surface area is 139 Å². The van der Waals surface area contributed by atoms with Crippen LogP contribution in [0.5, 0.6) is 5.75 Å². The Bertz CT molecular complexity index is 847. The summed E-state index contributed by atoms with van der Waals surface area (Å²) in [4.78, 5) is 38.2. The molecule has 24 heavy (non-hydrogen) atoms. The van der Waals surface area contributed by atoms with Crippen LogP contribution in [0.4, 0.5) is 0 Å². The predicted molar refractivity (Wildman–Crippen MR) is 90.1 cm³/mol. The molecule has 2 aromatic rings. The molecule has 0 saturated heterocycles. The number of amides is 2. The molecule has 1 heterocycles. The molecule has 2 aromatic carbocycles. The number of rotatable bonds is 5. The molecule has 1 aliphatic heterocycles. The Morgan fingerprint density at radius 3 is 2.54 bits per heavy atom. The van der Waals surface area contributed by atoms with Crippen molar-refractivity contribution in [2.24, 2.45) is 0 Å². The summed E-state index contributed by atoms with van der Waals surface area (Å²) in [5.41, 5.74) is 0.907. The number of esters is 1. The molecule has 0 atom stereocenters. The quantitative estimate of drug-likeness (QED) is 0.366. The van der Waals surface area contributed by atoms with Gasteiger partial charge < -0.3 is 4.74 Å². The Hall–Kier alpha value is -2.95. The minimum absolute atomic E-state index is 0.307. The van der Waals surface area contributed by atoms with Gasteiger partial charge in [-0.25, -0.2) is 4.79 Å². The van der Waals surface area contributed by atoms with Crippen LogP contribution in [0, 0.1) is 0 Å². The minimum atomic E-state index is -0.589. The maximum atomic E-state index is 12.7. The number of hydrogen-bond donors (Lipinski definition) is 0. The molecule has 0 unspecified atom stereocenters. The molecule has 5 heteroatoms. The van der Waals surface area contributed by atoms with E-state index in [0.29, 0.717) is 34.2 Å². The van der Waals surface area contributed by atoms with Crippen molar-refractivity contribution in [1.29, 1.82) is 0 Å². The van der Waals surface area contributed by atoms with Crippen molar-refractivity contribution in [2.75, 3.05) is 6.54 Å². The predicted octanol–water partition coefficient (Wildman–Crippen LogP) is 3.33. The Morgan fingerprint density at radius 1 is 1.17 bits per heavy atom. The van der Waals surface area contributed by atoms with Gasteiger partial charge in [0.25, 0.3) is 11.8 Å². The van der Waals surface area contributed by atoms with Crippen LogP contribution in [0.2, 0.25) is 0 Å². The van der Waals surface area contributed by atoms with Gasteiger partial charge in [0.15, 0.2) is 0 Å². The second-order valence-corrected chi connectivity index (χ2v) is 5.58. The maximum Gasteiger partial charge on any atom is 0.335 e. The van der Waals surface area contributed by atoms with E-state index in [1.165, 1.54) is 4.90 Å². The van der Waals surface area contributed by atoms with Crippen molar-refractivity contribution in [3.63, 3.8) is 0 Å². The minimum Gasteiger partial charge on any atom is -0.423 e. The van der Waals surface area contributed by atoms with Gasteiger partial charge in [-0.05, 0) is 24.6 Å². The zero-order chi connectivity index (χ0) is 17.3. The highest BCUT2D eigenvalue weighted by atomic mass is 16.5. The number of benzene rings is 2. The number of carbonyl (C=O) groups is 3. The van der Waals surface area contributed by atoms with Crippen molar-refractivity contribution in [1.82, 2.24) is 4.90 Å². The molecule has 0 aromatic heterocycles. The first-order chi connectivity index (χ1) is 11.6. The molecule has 1 aliphatic rings. The van der Waals surface area contributed by atoms with E-state index in [9.17, 15) is 14.4 Å². The van der Waals surface area contributed by atoms with Crippen LogP contribution < -0.4 is 4.74 Å². The summed E-state index contributed by atoms with van der Waals surface area (Å²) in [6, 6.07) is 8.33. The maximum absolute atomic E-state index is 12.7. The zero-order valence-corrected chi connectivity index (χ0v) is 13.4. The summed E-state index contributed by atoms with van der Waals surface area (Å²) in [6.45, 7) is 5.78. The van der Waals surface area contributed by atoms with E-state index in [1.807, 2.05) is 6.92 Å². The molecule has 0 bridgehead atoms. The lowest BCUT2D eigenvalue weighted by Crippen LogP contribution is -2.40. The summed E-state index contributed by atoms with van der Waals surface area (Å²) in [6.07, 6.45) is 2.72. The standard InChI is InChI=1S/C19H17NO4/c1-3-5-11-20-18(22)13-8-6-7-12-15(24-16(21)4-2)10-9-14(17(12)13)19(20)23/h4,6-10H,2-3,5,11H2,1H3. The highest BCUT2D eigenvalue weighted by Gasteiger charge is 2.33. The topological polar surface area (TPSA) is 63.7 Å². The fourth-order valence-electron chi connectivity index (χ4n) is 2.88. The van der Waals surface area contributed by atoms with Gasteiger partial charge in [0.2, 0.25) is 0 Å². The summed E-state index contributed by atoms with van der Waals surface area (Å²) >= 11 is 0. The molecule has 122 valence electrons. The van der Waals surface area contributed by atoms with Crippen LogP contribution in [0.3, 0.4) is 0 Å². The molecule has 0 saturated carbocycles. The van der Waals surface area contributed by atoms with E-state index in [2.05, 4.69) is 6.58 Å². The Kier molecular flexibility index (Phi) is 4.16. The van der Waals surface area contributed by atoms with Crippen molar-refractivity contribution in [3.05, 3.63) is 54.1 Å². The van der Waals surface area contributed by atoms with Crippen molar-refractivity contribution < 1.29 is 19.1 Å². The van der Waals surface area contributed by atoms with Crippen LogP contribution in [0.1, 0.15) is 40.5 Å². The fraction of sp³-hybridized carbons (Fsp3) is 0.211. The smallest absolute Gasteiger partial charge is 0.335 e. The molecule has 0 N–H and O–H groups in total. The van der Waals surface area contributed by atoms with E-state index in [4.69, 9.17) is 4.74 Å². The summed E-state index contributed by atoms with van der Waals surface area (Å²) in [7, 11) is 0. The number of imide groups is 1. The van der Waals surface area contributed by atoms with Crippen molar-refractivity contribution in [2.45, 2.75) is 19.8 Å². The number of ether oxygens (including phenoxy) is 1. The zero-order valence-electron chi connectivity index (χ0n) is 13.4. The third-order valence-corrected chi connectivity index (χ3v) is 4.06. The number of hydrogen-bond acceptors (Lipinski definition) is 4. The van der Waals surface area contributed by atoms with Crippen molar-refractivity contribution in [3.8, 4) is 5.75 Å². The van der Waals surface area contributed by atoms with Gasteiger partial charge in [-0.15, -0.1) is 0 Å². The van der Waals surface area contributed by atoms with Gasteiger partial charge in [0, 0.05) is 34.5 Å². The van der Waals surface area contributed by atoms with E-state index < -0.39 is 5.97 Å². The van der Waals surface area contributed by atoms with Gasteiger partial charge in [0.05, 0.1) is 0 Å². The first kappa shape index (κ1) is 15.9. The molecule has 0 radical (unpaired) electrons. The first-order valence-corrected chi connectivity index (χ1v) is 7.84. The average Bonchev–Trinajstić information content (AvgIpc) is 2.60. The van der Waals surface area contributed by atoms with Gasteiger partial charge in [-0.3, -0.25) is 14.5 Å². The van der Waals surface area contributed by atoms with Gasteiger partial charge in [-0.2, -0.15) is 0 Å². The SMILES string of the molecule is C=CC(=O)Oc1ccc2c3c(cccc13)C(=O)N(CCCC)C2=O. The molecular weight excluding hydrogens is 306 g/mol. The van der Waals surface area contributed by atoms with Crippen LogP contribution >= 0.6 is 0 Å². The van der Waals surface area contributed by atoms with E-state index in [1.54, 1.807) is 30.3 Å². The van der Waals surface area contributed by atoms with Gasteiger partial charge in [0.1, 0.15) is 5.75 Å². The van der Waals surface area contributed by atoms with E-state index in [-0.39, 0.29) is 11.8 Å². The van der Waals surface area contributed by atoms with Crippen LogP contribution in [-0.2, 0) is 4.79 Å². The van der Waals surface area contributed by atoms with E-state index in [0.717, 1.165) is 18.9 Å². The lowest BCUT2D eigenvalue weighted by molar-refractivity contribution is -0.128. The second kappa shape index (κ2) is 6.28. The van der Waals surface area contributed by atoms with Crippen molar-refractivity contribution >= 4 is 28.6 Å². The van der Waals surface area contributed by atoms with Crippen LogP contribution in [0.25, 0.3) is 10.8 Å². The van der Waals surface area contributed by atoms with Crippen LogP contribution in [0.15, 0.2) is 43.0 Å². The summed E-state index contributed by atoms with van der Waals surface area (Å²) < 4.78 is 5.22. The third kappa shape index (κ3) is 2.48. The lowest BCUT2D eigenvalue weighted by atomic mass is 9.93. The normalized spacial score (nSPS) is 13.3. The molecule has 5 nitrogen and oxygen atoms in total. The molecular formula is C19H17NO4. The molecule has 0 aliphatic carbocycles.